The average molecular weight is 330 g/mol. The SMILES string of the molecule is CC(NC(=O)N(CCO)Cc1ccccc1)Oc1ccc(O)cc1. The number of ether oxygens (including phenoxy) is 1. The molecule has 2 amide bonds. The fourth-order valence-corrected chi connectivity index (χ4v) is 2.20. The number of nitrogens with one attached hydrogen (secondary N) is 1. The van der Waals surface area contributed by atoms with Crippen LogP contribution in [0.2, 0.25) is 0 Å². The molecule has 0 aliphatic rings. The van der Waals surface area contributed by atoms with Gasteiger partial charge in [0.05, 0.1) is 6.61 Å². The molecule has 2 rings (SSSR count). The molecule has 1 atom stereocenters. The molecule has 0 aliphatic carbocycles. The minimum atomic E-state index is -0.556. The molecule has 3 N–H and O–H groups in total. The van der Waals surface area contributed by atoms with E-state index in [9.17, 15) is 15.0 Å². The number of hydrogen-bond donors (Lipinski definition) is 3. The van der Waals surface area contributed by atoms with Crippen molar-refractivity contribution < 1.29 is 19.7 Å². The van der Waals surface area contributed by atoms with E-state index in [0.29, 0.717) is 12.3 Å². The molecule has 0 aliphatic heterocycles. The van der Waals surface area contributed by atoms with Crippen molar-refractivity contribution in [3.05, 3.63) is 60.2 Å². The van der Waals surface area contributed by atoms with Crippen LogP contribution < -0.4 is 10.1 Å². The summed E-state index contributed by atoms with van der Waals surface area (Å²) in [4.78, 5) is 13.9. The highest BCUT2D eigenvalue weighted by Crippen LogP contribution is 2.16. The Balaban J connectivity index is 1.92. The predicted octanol–water partition coefficient (Wildman–Crippen LogP) is 2.32. The second kappa shape index (κ2) is 8.79. The number of carbonyl (C=O) groups excluding carboxylic acids is 1. The molecule has 0 aromatic heterocycles. The maximum absolute atomic E-state index is 12.4. The van der Waals surface area contributed by atoms with Crippen molar-refractivity contribution in [3.63, 3.8) is 0 Å². The summed E-state index contributed by atoms with van der Waals surface area (Å²) in [6, 6.07) is 15.5. The second-order valence-corrected chi connectivity index (χ2v) is 5.33. The molecule has 0 saturated carbocycles. The number of benzene rings is 2. The van der Waals surface area contributed by atoms with Crippen LogP contribution in [0.4, 0.5) is 4.79 Å². The van der Waals surface area contributed by atoms with Crippen LogP contribution in [-0.2, 0) is 6.54 Å². The Kier molecular flexibility index (Phi) is 6.45. The van der Waals surface area contributed by atoms with E-state index in [1.54, 1.807) is 19.1 Å². The van der Waals surface area contributed by atoms with E-state index in [1.165, 1.54) is 17.0 Å². The lowest BCUT2D eigenvalue weighted by molar-refractivity contribution is 0.141. The Hall–Kier alpha value is -2.73. The van der Waals surface area contributed by atoms with E-state index < -0.39 is 6.23 Å². The quantitative estimate of drug-likeness (QED) is 0.681. The largest absolute Gasteiger partial charge is 0.508 e. The van der Waals surface area contributed by atoms with Gasteiger partial charge < -0.3 is 25.2 Å². The van der Waals surface area contributed by atoms with Gasteiger partial charge in [-0.15, -0.1) is 0 Å². The lowest BCUT2D eigenvalue weighted by Gasteiger charge is -2.25. The summed E-state index contributed by atoms with van der Waals surface area (Å²) in [7, 11) is 0. The van der Waals surface area contributed by atoms with Crippen molar-refractivity contribution in [1.82, 2.24) is 10.2 Å². The molecule has 128 valence electrons. The van der Waals surface area contributed by atoms with Gasteiger partial charge in [0.15, 0.2) is 6.23 Å². The van der Waals surface area contributed by atoms with Crippen molar-refractivity contribution in [2.24, 2.45) is 0 Å². The van der Waals surface area contributed by atoms with Gasteiger partial charge in [-0.05, 0) is 36.8 Å². The lowest BCUT2D eigenvalue weighted by Crippen LogP contribution is -2.46. The highest BCUT2D eigenvalue weighted by Gasteiger charge is 2.16. The van der Waals surface area contributed by atoms with Crippen LogP contribution in [-0.4, -0.2) is 40.5 Å². The fourth-order valence-electron chi connectivity index (χ4n) is 2.20. The molecule has 1 unspecified atom stereocenters. The fraction of sp³-hybridized carbons (Fsp3) is 0.278. The zero-order valence-electron chi connectivity index (χ0n) is 13.6. The maximum Gasteiger partial charge on any atom is 0.320 e. The highest BCUT2D eigenvalue weighted by molar-refractivity contribution is 5.74. The van der Waals surface area contributed by atoms with Crippen LogP contribution in [0, 0.1) is 0 Å². The van der Waals surface area contributed by atoms with Crippen LogP contribution in [0.1, 0.15) is 12.5 Å². The van der Waals surface area contributed by atoms with Crippen molar-refractivity contribution in [2.75, 3.05) is 13.2 Å². The van der Waals surface area contributed by atoms with E-state index in [-0.39, 0.29) is 24.9 Å². The Bertz CT molecular complexity index is 631. The Labute approximate surface area is 141 Å². The zero-order valence-corrected chi connectivity index (χ0v) is 13.6. The molecule has 6 heteroatoms. The standard InChI is InChI=1S/C18H22N2O4/c1-14(24-17-9-7-16(22)8-10-17)19-18(23)20(11-12-21)13-15-5-3-2-4-6-15/h2-10,14,21-22H,11-13H2,1H3,(H,19,23). The summed E-state index contributed by atoms with van der Waals surface area (Å²) in [6.07, 6.45) is -0.556. The molecule has 0 heterocycles. The average Bonchev–Trinajstić information content (AvgIpc) is 2.57. The van der Waals surface area contributed by atoms with Crippen LogP contribution in [0.3, 0.4) is 0 Å². The highest BCUT2D eigenvalue weighted by atomic mass is 16.5. The van der Waals surface area contributed by atoms with Crippen molar-refractivity contribution in [1.29, 1.82) is 0 Å². The molecular weight excluding hydrogens is 308 g/mol. The monoisotopic (exact) mass is 330 g/mol. The summed E-state index contributed by atoms with van der Waals surface area (Å²) < 4.78 is 5.59. The van der Waals surface area contributed by atoms with Gasteiger partial charge in [-0.3, -0.25) is 0 Å². The van der Waals surface area contributed by atoms with Gasteiger partial charge >= 0.3 is 6.03 Å². The molecule has 0 fully saturated rings. The first-order valence-corrected chi connectivity index (χ1v) is 7.74. The summed E-state index contributed by atoms with van der Waals surface area (Å²) >= 11 is 0. The van der Waals surface area contributed by atoms with Gasteiger partial charge in [0.2, 0.25) is 0 Å². The number of phenols is 1. The predicted molar refractivity (Wildman–Crippen MR) is 90.7 cm³/mol. The second-order valence-electron chi connectivity index (χ2n) is 5.33. The van der Waals surface area contributed by atoms with E-state index in [2.05, 4.69) is 5.32 Å². The first-order valence-electron chi connectivity index (χ1n) is 7.74. The third-order valence-corrected chi connectivity index (χ3v) is 3.35. The number of aliphatic hydroxyl groups is 1. The third kappa shape index (κ3) is 5.48. The molecule has 0 bridgehead atoms. The van der Waals surface area contributed by atoms with Gasteiger partial charge in [-0.1, -0.05) is 30.3 Å². The molecule has 6 nitrogen and oxygen atoms in total. The van der Waals surface area contributed by atoms with Crippen LogP contribution in [0.5, 0.6) is 11.5 Å². The van der Waals surface area contributed by atoms with Gasteiger partial charge in [0, 0.05) is 13.1 Å². The summed E-state index contributed by atoms with van der Waals surface area (Å²) in [5, 5.41) is 21.2. The number of rotatable bonds is 7. The smallest absolute Gasteiger partial charge is 0.320 e. The van der Waals surface area contributed by atoms with Gasteiger partial charge in [0.25, 0.3) is 0 Å². The summed E-state index contributed by atoms with van der Waals surface area (Å²) in [5.41, 5.74) is 0.980. The summed E-state index contributed by atoms with van der Waals surface area (Å²) in [5.74, 6) is 0.688. The number of urea groups is 1. The van der Waals surface area contributed by atoms with Crippen molar-refractivity contribution in [2.45, 2.75) is 19.7 Å². The van der Waals surface area contributed by atoms with E-state index in [4.69, 9.17) is 4.74 Å². The zero-order chi connectivity index (χ0) is 17.4. The molecule has 2 aromatic rings. The lowest BCUT2D eigenvalue weighted by atomic mass is 10.2. The Morgan fingerprint density at radius 3 is 2.46 bits per heavy atom. The van der Waals surface area contributed by atoms with Gasteiger partial charge in [-0.2, -0.15) is 0 Å². The normalized spacial score (nSPS) is 11.6. The number of aliphatic hydroxyl groups excluding tert-OH is 1. The van der Waals surface area contributed by atoms with Gasteiger partial charge in [-0.25, -0.2) is 4.79 Å². The third-order valence-electron chi connectivity index (χ3n) is 3.35. The molecule has 0 spiro atoms. The number of phenolic OH excluding ortho intramolecular Hbond substituents is 1. The molecule has 24 heavy (non-hydrogen) atoms. The maximum atomic E-state index is 12.4. The molecule has 0 saturated heterocycles. The minimum absolute atomic E-state index is 0.118. The van der Waals surface area contributed by atoms with E-state index in [1.807, 2.05) is 30.3 Å². The molecule has 2 aromatic carbocycles. The molecule has 0 radical (unpaired) electrons. The Morgan fingerprint density at radius 1 is 1.17 bits per heavy atom. The Morgan fingerprint density at radius 2 is 1.83 bits per heavy atom. The number of amides is 2. The number of aromatic hydroxyl groups is 1. The van der Waals surface area contributed by atoms with Crippen molar-refractivity contribution in [3.8, 4) is 11.5 Å². The van der Waals surface area contributed by atoms with Crippen LogP contribution in [0.25, 0.3) is 0 Å². The van der Waals surface area contributed by atoms with Crippen LogP contribution >= 0.6 is 0 Å². The first-order chi connectivity index (χ1) is 11.6. The minimum Gasteiger partial charge on any atom is -0.508 e. The van der Waals surface area contributed by atoms with Crippen molar-refractivity contribution >= 4 is 6.03 Å². The van der Waals surface area contributed by atoms with E-state index >= 15 is 0 Å². The number of hydrogen-bond acceptors (Lipinski definition) is 4. The first kappa shape index (κ1) is 17.6. The van der Waals surface area contributed by atoms with Gasteiger partial charge in [0.1, 0.15) is 11.5 Å². The topological polar surface area (TPSA) is 82.0 Å². The van der Waals surface area contributed by atoms with E-state index in [0.717, 1.165) is 5.56 Å². The van der Waals surface area contributed by atoms with Crippen LogP contribution in [0.15, 0.2) is 54.6 Å². The number of nitrogens with zero attached hydrogens (tertiary/aromatic N) is 1. The molecular formula is C18H22N2O4. The summed E-state index contributed by atoms with van der Waals surface area (Å²) in [6.45, 7) is 2.23. The number of carbonyl (C=O) groups is 1.